The van der Waals surface area contributed by atoms with Gasteiger partial charge in [0.15, 0.2) is 9.84 Å². The first-order valence-electron chi connectivity index (χ1n) is 11.0. The van der Waals surface area contributed by atoms with E-state index in [1.165, 1.54) is 12.3 Å². The number of halogens is 1. The molecule has 0 radical (unpaired) electrons. The van der Waals surface area contributed by atoms with E-state index in [0.717, 1.165) is 11.1 Å². The van der Waals surface area contributed by atoms with E-state index in [1.54, 1.807) is 36.4 Å². The number of benzene rings is 2. The highest BCUT2D eigenvalue weighted by atomic mass is 32.2. The van der Waals surface area contributed by atoms with Crippen molar-refractivity contribution in [2.45, 2.75) is 31.1 Å². The van der Waals surface area contributed by atoms with Gasteiger partial charge in [0.2, 0.25) is 11.9 Å². The monoisotopic (exact) mass is 470 g/mol. The summed E-state index contributed by atoms with van der Waals surface area (Å²) in [5, 5.41) is 3.74. The van der Waals surface area contributed by atoms with Gasteiger partial charge in [-0.05, 0) is 56.0 Å². The molecule has 3 aromatic rings. The highest BCUT2D eigenvalue weighted by Crippen LogP contribution is 2.25. The van der Waals surface area contributed by atoms with Gasteiger partial charge >= 0.3 is 0 Å². The van der Waals surface area contributed by atoms with Crippen LogP contribution in [0.15, 0.2) is 47.4 Å². The van der Waals surface area contributed by atoms with Crippen LogP contribution in [-0.4, -0.2) is 50.2 Å². The number of carbonyl (C=O) groups is 1. The Labute approximate surface area is 193 Å². The van der Waals surface area contributed by atoms with E-state index in [0.29, 0.717) is 55.9 Å². The maximum absolute atomic E-state index is 13.7. The molecule has 0 spiro atoms. The van der Waals surface area contributed by atoms with Gasteiger partial charge in [0.25, 0.3) is 0 Å². The zero-order valence-electron chi connectivity index (χ0n) is 18.7. The molecule has 0 unspecified atom stereocenters. The number of sulfone groups is 1. The highest BCUT2D eigenvalue weighted by Gasteiger charge is 2.26. The topological polar surface area (TPSA) is 92.3 Å². The van der Waals surface area contributed by atoms with Crippen molar-refractivity contribution in [1.82, 2.24) is 15.3 Å². The summed E-state index contributed by atoms with van der Waals surface area (Å²) in [6.45, 7) is 3.53. The van der Waals surface area contributed by atoms with Crippen LogP contribution >= 0.6 is 0 Å². The molecule has 1 aliphatic heterocycles. The molecule has 1 fully saturated rings. The lowest BCUT2D eigenvalue weighted by Gasteiger charge is -2.31. The molecule has 9 heteroatoms. The molecule has 4 rings (SSSR count). The van der Waals surface area contributed by atoms with Gasteiger partial charge in [0, 0.05) is 37.2 Å². The van der Waals surface area contributed by atoms with Crippen molar-refractivity contribution in [1.29, 1.82) is 0 Å². The number of hydrogen-bond donors (Lipinski definition) is 1. The number of amides is 1. The van der Waals surface area contributed by atoms with Crippen LogP contribution in [0.25, 0.3) is 10.9 Å². The molecular weight excluding hydrogens is 443 g/mol. The van der Waals surface area contributed by atoms with Gasteiger partial charge in [-0.2, -0.15) is 0 Å². The van der Waals surface area contributed by atoms with E-state index in [-0.39, 0.29) is 22.5 Å². The molecule has 2 heterocycles. The molecule has 1 N–H and O–H groups in total. The summed E-state index contributed by atoms with van der Waals surface area (Å²) in [5.41, 5.74) is 1.96. The first-order valence-corrected chi connectivity index (χ1v) is 12.9. The van der Waals surface area contributed by atoms with Gasteiger partial charge in [-0.3, -0.25) is 4.79 Å². The number of aryl methyl sites for hydroxylation is 1. The predicted octanol–water partition coefficient (Wildman–Crippen LogP) is 3.06. The van der Waals surface area contributed by atoms with Gasteiger partial charge in [0.1, 0.15) is 5.82 Å². The lowest BCUT2D eigenvalue weighted by Crippen LogP contribution is -2.41. The maximum Gasteiger partial charge on any atom is 0.226 e. The van der Waals surface area contributed by atoms with Gasteiger partial charge in [0.05, 0.1) is 16.1 Å². The molecule has 0 atom stereocenters. The Hall–Kier alpha value is -3.07. The number of fused-ring (bicyclic) bond motifs is 1. The van der Waals surface area contributed by atoms with E-state index in [1.807, 2.05) is 11.8 Å². The van der Waals surface area contributed by atoms with Crippen molar-refractivity contribution in [3.63, 3.8) is 0 Å². The summed E-state index contributed by atoms with van der Waals surface area (Å²) < 4.78 is 37.5. The standard InChI is InChI=1S/C24H27FN4O3S/c1-16-20-8-7-19(33(2,31)32)15-22(20)28-24(27-16)29-13-10-18(11-14-29)23(30)26-12-9-17-5-3-4-6-21(17)25/h3-8,15,18H,9-14H2,1-2H3,(H,26,30). The molecule has 1 saturated heterocycles. The van der Waals surface area contributed by atoms with Gasteiger partial charge in [-0.15, -0.1) is 0 Å². The quantitative estimate of drug-likeness (QED) is 0.595. The Morgan fingerprint density at radius 2 is 1.88 bits per heavy atom. The van der Waals surface area contributed by atoms with E-state index in [9.17, 15) is 17.6 Å². The number of rotatable bonds is 6. The smallest absolute Gasteiger partial charge is 0.226 e. The maximum atomic E-state index is 13.7. The fourth-order valence-electron chi connectivity index (χ4n) is 4.13. The van der Waals surface area contributed by atoms with Crippen molar-refractivity contribution in [2.75, 3.05) is 30.8 Å². The van der Waals surface area contributed by atoms with Gasteiger partial charge in [-0.25, -0.2) is 22.8 Å². The van der Waals surface area contributed by atoms with Crippen LogP contribution in [0.5, 0.6) is 0 Å². The Kier molecular flexibility index (Phi) is 6.60. The third kappa shape index (κ3) is 5.30. The summed E-state index contributed by atoms with van der Waals surface area (Å²) in [7, 11) is -3.33. The van der Waals surface area contributed by atoms with Crippen LogP contribution in [0.3, 0.4) is 0 Å². The number of anilines is 1. The number of carbonyl (C=O) groups excluding carboxylic acids is 1. The summed E-state index contributed by atoms with van der Waals surface area (Å²) in [6.07, 6.45) is 2.96. The van der Waals surface area contributed by atoms with Crippen LogP contribution in [0.2, 0.25) is 0 Å². The number of aromatic nitrogens is 2. The molecule has 1 aliphatic rings. The normalized spacial score (nSPS) is 15.1. The van der Waals surface area contributed by atoms with E-state index >= 15 is 0 Å². The second-order valence-electron chi connectivity index (χ2n) is 8.45. The molecule has 1 aromatic heterocycles. The van der Waals surface area contributed by atoms with Crippen LogP contribution < -0.4 is 10.2 Å². The zero-order chi connectivity index (χ0) is 23.6. The van der Waals surface area contributed by atoms with Crippen molar-refractivity contribution in [3.8, 4) is 0 Å². The Morgan fingerprint density at radius 3 is 2.58 bits per heavy atom. The SMILES string of the molecule is Cc1nc(N2CCC(C(=O)NCCc3ccccc3F)CC2)nc2cc(S(C)(=O)=O)ccc12. The number of nitrogens with zero attached hydrogens (tertiary/aromatic N) is 3. The number of hydrogen-bond acceptors (Lipinski definition) is 6. The summed E-state index contributed by atoms with van der Waals surface area (Å²) in [4.78, 5) is 24.0. The van der Waals surface area contributed by atoms with Crippen molar-refractivity contribution in [2.24, 2.45) is 5.92 Å². The lowest BCUT2D eigenvalue weighted by atomic mass is 9.96. The second kappa shape index (κ2) is 9.43. The molecule has 2 aromatic carbocycles. The summed E-state index contributed by atoms with van der Waals surface area (Å²) in [6, 6.07) is 11.5. The first kappa shape index (κ1) is 23.1. The predicted molar refractivity (Wildman–Crippen MR) is 125 cm³/mol. The van der Waals surface area contributed by atoms with Crippen molar-refractivity contribution in [3.05, 3.63) is 59.5 Å². The third-order valence-electron chi connectivity index (χ3n) is 6.08. The Bertz CT molecular complexity index is 1290. The lowest BCUT2D eigenvalue weighted by molar-refractivity contribution is -0.125. The van der Waals surface area contributed by atoms with Gasteiger partial charge in [-0.1, -0.05) is 18.2 Å². The molecule has 1 amide bonds. The number of nitrogens with one attached hydrogen (secondary N) is 1. The van der Waals surface area contributed by atoms with E-state index < -0.39 is 9.84 Å². The van der Waals surface area contributed by atoms with Crippen LogP contribution in [0.4, 0.5) is 10.3 Å². The van der Waals surface area contributed by atoms with Crippen LogP contribution in [-0.2, 0) is 21.1 Å². The highest BCUT2D eigenvalue weighted by molar-refractivity contribution is 7.90. The molecule has 0 aliphatic carbocycles. The van der Waals surface area contributed by atoms with E-state index in [4.69, 9.17) is 0 Å². The number of piperidine rings is 1. The summed E-state index contributed by atoms with van der Waals surface area (Å²) in [5.74, 6) is 0.165. The van der Waals surface area contributed by atoms with Crippen molar-refractivity contribution >= 4 is 32.6 Å². The van der Waals surface area contributed by atoms with Gasteiger partial charge < -0.3 is 10.2 Å². The second-order valence-corrected chi connectivity index (χ2v) is 10.5. The Morgan fingerprint density at radius 1 is 1.15 bits per heavy atom. The fraction of sp³-hybridized carbons (Fsp3) is 0.375. The third-order valence-corrected chi connectivity index (χ3v) is 7.19. The fourth-order valence-corrected chi connectivity index (χ4v) is 4.77. The average molecular weight is 471 g/mol. The zero-order valence-corrected chi connectivity index (χ0v) is 19.5. The van der Waals surface area contributed by atoms with E-state index in [2.05, 4.69) is 15.3 Å². The molecule has 0 saturated carbocycles. The van der Waals surface area contributed by atoms with Crippen LogP contribution in [0.1, 0.15) is 24.1 Å². The minimum atomic E-state index is -3.33. The largest absolute Gasteiger partial charge is 0.356 e. The summed E-state index contributed by atoms with van der Waals surface area (Å²) >= 11 is 0. The van der Waals surface area contributed by atoms with Crippen LogP contribution in [0, 0.1) is 18.7 Å². The van der Waals surface area contributed by atoms with Crippen molar-refractivity contribution < 1.29 is 17.6 Å². The molecule has 33 heavy (non-hydrogen) atoms. The molecule has 7 nitrogen and oxygen atoms in total. The molecular formula is C24H27FN4O3S. The minimum Gasteiger partial charge on any atom is -0.356 e. The minimum absolute atomic E-state index is 0.0145. The Balaban J connectivity index is 1.38. The molecule has 174 valence electrons. The average Bonchev–Trinajstić information content (AvgIpc) is 2.79. The first-order chi connectivity index (χ1) is 15.7. The molecule has 0 bridgehead atoms.